The molecule has 0 spiro atoms. The van der Waals surface area contributed by atoms with Gasteiger partial charge in [0.15, 0.2) is 5.82 Å². The molecule has 20 heavy (non-hydrogen) atoms. The molecule has 0 unspecified atom stereocenters. The summed E-state index contributed by atoms with van der Waals surface area (Å²) in [6.07, 6.45) is 0.0296. The summed E-state index contributed by atoms with van der Waals surface area (Å²) in [7, 11) is 0. The molecule has 0 atom stereocenters. The first-order valence-electron chi connectivity index (χ1n) is 5.80. The molecule has 2 nitrogen and oxygen atoms in total. The largest absolute Gasteiger partial charge is 0.342 e. The lowest BCUT2D eigenvalue weighted by Crippen LogP contribution is -1.95. The van der Waals surface area contributed by atoms with Gasteiger partial charge in [-0.1, -0.05) is 6.07 Å². The Kier molecular flexibility index (Phi) is 2.93. The molecule has 102 valence electrons. The standard InChI is InChI=1S/C14H8F4N2/c15-8-2-1-7(10(17)4-8)3-13-19-12-6-9(16)5-11(18)14(12)20-13/h1-2,4-6H,3H2,(H,19,20). The number of nitrogens with one attached hydrogen (secondary N) is 1. The van der Waals surface area contributed by atoms with E-state index in [4.69, 9.17) is 0 Å². The number of nitrogens with zero attached hydrogens (tertiary/aromatic N) is 1. The molecular weight excluding hydrogens is 272 g/mol. The number of rotatable bonds is 2. The summed E-state index contributed by atoms with van der Waals surface area (Å²) in [5.74, 6) is -2.63. The van der Waals surface area contributed by atoms with Crippen molar-refractivity contribution in [3.8, 4) is 0 Å². The van der Waals surface area contributed by atoms with E-state index in [0.29, 0.717) is 0 Å². The molecule has 0 aliphatic carbocycles. The number of aromatic amines is 1. The third-order valence-electron chi connectivity index (χ3n) is 2.93. The molecule has 0 radical (unpaired) electrons. The zero-order chi connectivity index (χ0) is 14.3. The highest BCUT2D eigenvalue weighted by atomic mass is 19.1. The number of halogens is 4. The SMILES string of the molecule is Fc1ccc(Cc2nc3c(F)cc(F)cc3[nH]2)c(F)c1. The molecule has 0 aliphatic heterocycles. The average Bonchev–Trinajstić information content (AvgIpc) is 2.75. The molecule has 1 heterocycles. The Balaban J connectivity index is 2.01. The zero-order valence-electron chi connectivity index (χ0n) is 10.1. The highest BCUT2D eigenvalue weighted by Gasteiger charge is 2.12. The van der Waals surface area contributed by atoms with Crippen LogP contribution in [0.1, 0.15) is 11.4 Å². The number of H-pyrrole nitrogens is 1. The molecule has 3 aromatic rings. The Morgan fingerprint density at radius 2 is 1.65 bits per heavy atom. The second-order valence-corrected chi connectivity index (χ2v) is 4.38. The van der Waals surface area contributed by atoms with Crippen molar-refractivity contribution in [2.24, 2.45) is 0 Å². The summed E-state index contributed by atoms with van der Waals surface area (Å²) in [5.41, 5.74) is 0.398. The van der Waals surface area contributed by atoms with Crippen LogP contribution in [0, 0.1) is 23.3 Å². The Hall–Kier alpha value is -2.37. The third-order valence-corrected chi connectivity index (χ3v) is 2.93. The number of imidazole rings is 1. The van der Waals surface area contributed by atoms with Crippen LogP contribution < -0.4 is 0 Å². The van der Waals surface area contributed by atoms with Crippen LogP contribution in [-0.4, -0.2) is 9.97 Å². The lowest BCUT2D eigenvalue weighted by Gasteiger charge is -2.00. The van der Waals surface area contributed by atoms with E-state index in [1.165, 1.54) is 6.07 Å². The van der Waals surface area contributed by atoms with Crippen LogP contribution >= 0.6 is 0 Å². The van der Waals surface area contributed by atoms with E-state index in [9.17, 15) is 17.6 Å². The van der Waals surface area contributed by atoms with E-state index in [1.807, 2.05) is 0 Å². The van der Waals surface area contributed by atoms with E-state index in [-0.39, 0.29) is 28.8 Å². The summed E-state index contributed by atoms with van der Waals surface area (Å²) >= 11 is 0. The Labute approximate surface area is 111 Å². The minimum Gasteiger partial charge on any atom is -0.342 e. The fourth-order valence-electron chi connectivity index (χ4n) is 2.02. The van der Waals surface area contributed by atoms with Gasteiger partial charge in [0.2, 0.25) is 0 Å². The monoisotopic (exact) mass is 280 g/mol. The molecule has 6 heteroatoms. The van der Waals surface area contributed by atoms with E-state index < -0.39 is 23.3 Å². The molecule has 1 aromatic heterocycles. The predicted octanol–water partition coefficient (Wildman–Crippen LogP) is 3.71. The Morgan fingerprint density at radius 1 is 0.900 bits per heavy atom. The summed E-state index contributed by atoms with van der Waals surface area (Å²) < 4.78 is 52.9. The van der Waals surface area contributed by atoms with Crippen LogP contribution in [-0.2, 0) is 6.42 Å². The molecule has 0 saturated heterocycles. The lowest BCUT2D eigenvalue weighted by molar-refractivity contribution is 0.574. The average molecular weight is 280 g/mol. The zero-order valence-corrected chi connectivity index (χ0v) is 10.1. The van der Waals surface area contributed by atoms with E-state index in [2.05, 4.69) is 9.97 Å². The van der Waals surface area contributed by atoms with Gasteiger partial charge in [-0.3, -0.25) is 0 Å². The number of fused-ring (bicyclic) bond motifs is 1. The number of hydrogen-bond acceptors (Lipinski definition) is 1. The Bertz CT molecular complexity index is 795. The highest BCUT2D eigenvalue weighted by molar-refractivity contribution is 5.75. The number of benzene rings is 2. The molecule has 0 saturated carbocycles. The molecule has 2 aromatic carbocycles. The number of hydrogen-bond donors (Lipinski definition) is 1. The molecule has 0 fully saturated rings. The van der Waals surface area contributed by atoms with Gasteiger partial charge in [-0.15, -0.1) is 0 Å². The molecule has 1 N–H and O–H groups in total. The van der Waals surface area contributed by atoms with Crippen LogP contribution in [0.15, 0.2) is 30.3 Å². The van der Waals surface area contributed by atoms with Gasteiger partial charge in [-0.25, -0.2) is 22.5 Å². The van der Waals surface area contributed by atoms with Gasteiger partial charge in [0.25, 0.3) is 0 Å². The minimum absolute atomic E-state index is 0.0103. The van der Waals surface area contributed by atoms with Crippen molar-refractivity contribution >= 4 is 11.0 Å². The van der Waals surface area contributed by atoms with Crippen molar-refractivity contribution in [1.82, 2.24) is 9.97 Å². The van der Waals surface area contributed by atoms with Gasteiger partial charge in [-0.05, 0) is 17.7 Å². The molecule has 3 rings (SSSR count). The molecular formula is C14H8F4N2. The predicted molar refractivity (Wildman–Crippen MR) is 65.2 cm³/mol. The van der Waals surface area contributed by atoms with Crippen molar-refractivity contribution in [3.05, 3.63) is 65.0 Å². The van der Waals surface area contributed by atoms with Crippen molar-refractivity contribution in [1.29, 1.82) is 0 Å². The van der Waals surface area contributed by atoms with Gasteiger partial charge in [-0.2, -0.15) is 0 Å². The van der Waals surface area contributed by atoms with Gasteiger partial charge < -0.3 is 4.98 Å². The van der Waals surface area contributed by atoms with Gasteiger partial charge in [0, 0.05) is 18.6 Å². The van der Waals surface area contributed by atoms with Crippen molar-refractivity contribution in [2.75, 3.05) is 0 Å². The van der Waals surface area contributed by atoms with Crippen molar-refractivity contribution in [3.63, 3.8) is 0 Å². The second-order valence-electron chi connectivity index (χ2n) is 4.38. The third kappa shape index (κ3) is 2.24. The lowest BCUT2D eigenvalue weighted by atomic mass is 10.1. The summed E-state index contributed by atoms with van der Waals surface area (Å²) in [6.45, 7) is 0. The van der Waals surface area contributed by atoms with Crippen molar-refractivity contribution in [2.45, 2.75) is 6.42 Å². The van der Waals surface area contributed by atoms with E-state index in [1.54, 1.807) is 0 Å². The normalized spacial score (nSPS) is 11.2. The summed E-state index contributed by atoms with van der Waals surface area (Å²) in [5, 5.41) is 0. The smallest absolute Gasteiger partial charge is 0.153 e. The first-order valence-corrected chi connectivity index (χ1v) is 5.80. The van der Waals surface area contributed by atoms with E-state index in [0.717, 1.165) is 24.3 Å². The Morgan fingerprint density at radius 3 is 2.40 bits per heavy atom. The van der Waals surface area contributed by atoms with Gasteiger partial charge in [0.05, 0.1) is 5.52 Å². The first-order chi connectivity index (χ1) is 9.52. The topological polar surface area (TPSA) is 28.7 Å². The maximum atomic E-state index is 13.5. The van der Waals surface area contributed by atoms with E-state index >= 15 is 0 Å². The molecule has 0 bridgehead atoms. The fourth-order valence-corrected chi connectivity index (χ4v) is 2.02. The minimum atomic E-state index is -0.790. The fraction of sp³-hybridized carbons (Fsp3) is 0.0714. The molecule has 0 amide bonds. The highest BCUT2D eigenvalue weighted by Crippen LogP contribution is 2.19. The van der Waals surface area contributed by atoms with Gasteiger partial charge >= 0.3 is 0 Å². The quantitative estimate of drug-likeness (QED) is 0.712. The van der Waals surface area contributed by atoms with Crippen LogP contribution in [0.25, 0.3) is 11.0 Å². The van der Waals surface area contributed by atoms with Crippen LogP contribution in [0.3, 0.4) is 0 Å². The maximum absolute atomic E-state index is 13.5. The first kappa shape index (κ1) is 12.7. The second kappa shape index (κ2) is 4.63. The van der Waals surface area contributed by atoms with Crippen LogP contribution in [0.4, 0.5) is 17.6 Å². The van der Waals surface area contributed by atoms with Crippen LogP contribution in [0.5, 0.6) is 0 Å². The summed E-state index contributed by atoms with van der Waals surface area (Å²) in [4.78, 5) is 6.67. The van der Waals surface area contributed by atoms with Gasteiger partial charge in [0.1, 0.15) is 28.8 Å². The number of aromatic nitrogens is 2. The van der Waals surface area contributed by atoms with Crippen LogP contribution in [0.2, 0.25) is 0 Å². The van der Waals surface area contributed by atoms with Crippen molar-refractivity contribution < 1.29 is 17.6 Å². The molecule has 0 aliphatic rings. The summed E-state index contributed by atoms with van der Waals surface area (Å²) in [6, 6.07) is 5.01. The maximum Gasteiger partial charge on any atom is 0.153 e.